The number of hydrogen-bond donors (Lipinski definition) is 1. The molecular weight excluding hydrogens is 494 g/mol. The summed E-state index contributed by atoms with van der Waals surface area (Å²) in [6.45, 7) is 5.87. The fourth-order valence-corrected chi connectivity index (χ4v) is 2.29. The van der Waals surface area contributed by atoms with Gasteiger partial charge in [-0.2, -0.15) is 0 Å². The summed E-state index contributed by atoms with van der Waals surface area (Å²) in [5.74, 6) is -1.39. The first-order valence-corrected chi connectivity index (χ1v) is 12.1. The predicted molar refractivity (Wildman–Crippen MR) is 132 cm³/mol. The molecule has 1 amide bonds. The molecular formula is C24H45NO12. The van der Waals surface area contributed by atoms with E-state index < -0.39 is 30.1 Å². The van der Waals surface area contributed by atoms with Crippen molar-refractivity contribution < 1.29 is 57.1 Å². The zero-order valence-electron chi connectivity index (χ0n) is 21.6. The third kappa shape index (κ3) is 25.0. The van der Waals surface area contributed by atoms with E-state index in [1.807, 2.05) is 0 Å². The van der Waals surface area contributed by atoms with Gasteiger partial charge in [0, 0.05) is 39.5 Å². The maximum absolute atomic E-state index is 11.9. The van der Waals surface area contributed by atoms with Crippen molar-refractivity contribution in [2.75, 3.05) is 79.7 Å². The van der Waals surface area contributed by atoms with Crippen LogP contribution in [0.1, 0.15) is 47.0 Å². The van der Waals surface area contributed by atoms with Crippen LogP contribution in [-0.4, -0.2) is 110 Å². The Morgan fingerprint density at radius 1 is 0.676 bits per heavy atom. The number of esters is 3. The average Bonchev–Trinajstić information content (AvgIpc) is 2.88. The lowest BCUT2D eigenvalue weighted by atomic mass is 10.3. The molecule has 0 aromatic heterocycles. The zero-order valence-corrected chi connectivity index (χ0v) is 21.6. The highest BCUT2D eigenvalue weighted by Crippen LogP contribution is 2.02. The van der Waals surface area contributed by atoms with E-state index in [2.05, 4.69) is 5.32 Å². The van der Waals surface area contributed by atoms with Gasteiger partial charge in [-0.15, -0.1) is 0 Å². The molecule has 0 bridgehead atoms. The first kappa shape index (κ1) is 36.7. The van der Waals surface area contributed by atoms with Crippen LogP contribution in [0.4, 0.5) is 4.79 Å². The summed E-state index contributed by atoms with van der Waals surface area (Å²) < 4.78 is 40.8. The van der Waals surface area contributed by atoms with Crippen molar-refractivity contribution in [1.29, 1.82) is 0 Å². The van der Waals surface area contributed by atoms with Crippen LogP contribution in [0.15, 0.2) is 0 Å². The van der Waals surface area contributed by atoms with E-state index in [1.165, 1.54) is 0 Å². The van der Waals surface area contributed by atoms with Crippen molar-refractivity contribution in [3.8, 4) is 0 Å². The van der Waals surface area contributed by atoms with Gasteiger partial charge in [0.1, 0.15) is 19.8 Å². The van der Waals surface area contributed by atoms with Gasteiger partial charge in [0.05, 0.1) is 39.6 Å². The van der Waals surface area contributed by atoms with Crippen LogP contribution in [0.2, 0.25) is 0 Å². The summed E-state index contributed by atoms with van der Waals surface area (Å²) in [6.07, 6.45) is -0.492. The molecule has 0 rings (SSSR count). The molecule has 0 radical (unpaired) electrons. The highest BCUT2D eigenvalue weighted by atomic mass is 16.6. The van der Waals surface area contributed by atoms with Crippen molar-refractivity contribution in [3.05, 3.63) is 0 Å². The Balaban J connectivity index is 0. The topological polar surface area (TPSA) is 154 Å². The third-order valence-corrected chi connectivity index (χ3v) is 4.19. The Kier molecular flexibility index (Phi) is 26.3. The van der Waals surface area contributed by atoms with Gasteiger partial charge >= 0.3 is 24.0 Å². The number of amides is 1. The number of ether oxygens (including phenoxy) is 8. The summed E-state index contributed by atoms with van der Waals surface area (Å²) in [4.78, 5) is 46.1. The van der Waals surface area contributed by atoms with Gasteiger partial charge in [0.15, 0.2) is 6.10 Å². The van der Waals surface area contributed by atoms with Crippen molar-refractivity contribution in [2.24, 2.45) is 0 Å². The lowest BCUT2D eigenvalue weighted by molar-refractivity contribution is -0.166. The van der Waals surface area contributed by atoms with Gasteiger partial charge in [-0.3, -0.25) is 14.4 Å². The molecule has 0 aromatic rings. The molecule has 13 heteroatoms. The van der Waals surface area contributed by atoms with E-state index >= 15 is 0 Å². The second kappa shape index (κ2) is 26.6. The van der Waals surface area contributed by atoms with Crippen LogP contribution in [0.5, 0.6) is 0 Å². The van der Waals surface area contributed by atoms with E-state index in [-0.39, 0.29) is 46.5 Å². The molecule has 0 saturated carbocycles. The number of methoxy groups -OCH3 is 1. The summed E-state index contributed by atoms with van der Waals surface area (Å²) in [6, 6.07) is 0. The van der Waals surface area contributed by atoms with Crippen LogP contribution >= 0.6 is 0 Å². The number of nitrogens with one attached hydrogen (secondary N) is 1. The highest BCUT2D eigenvalue weighted by molar-refractivity contribution is 5.70. The molecule has 0 saturated heterocycles. The number of rotatable bonds is 23. The van der Waals surface area contributed by atoms with Crippen molar-refractivity contribution in [1.82, 2.24) is 5.32 Å². The summed E-state index contributed by atoms with van der Waals surface area (Å²) in [5.41, 5.74) is 0. The number of carbonyl (C=O) groups excluding carboxylic acids is 4. The minimum Gasteiger partial charge on any atom is -0.462 e. The fraction of sp³-hybridized carbons (Fsp3) is 0.833. The minimum absolute atomic E-state index is 0. The Hall–Kier alpha value is -2.48. The normalized spacial score (nSPS) is 11.1. The SMILES string of the molecule is C.CCC(=O)OC[C@H](COC(=O)CCCOCCOCCNC(=O)OCCOCCOC)OC(=O)CC. The van der Waals surface area contributed by atoms with Gasteiger partial charge < -0.3 is 43.2 Å². The smallest absolute Gasteiger partial charge is 0.407 e. The van der Waals surface area contributed by atoms with Crippen LogP contribution in [0.3, 0.4) is 0 Å². The summed E-state index contributed by atoms with van der Waals surface area (Å²) in [5, 5.41) is 2.55. The summed E-state index contributed by atoms with van der Waals surface area (Å²) in [7, 11) is 1.58. The molecule has 1 atom stereocenters. The molecule has 0 fully saturated rings. The molecule has 0 aliphatic rings. The number of alkyl carbamates (subject to hydrolysis) is 1. The second-order valence-corrected chi connectivity index (χ2v) is 7.18. The van der Waals surface area contributed by atoms with E-state index in [1.54, 1.807) is 21.0 Å². The van der Waals surface area contributed by atoms with E-state index in [0.29, 0.717) is 59.2 Å². The van der Waals surface area contributed by atoms with E-state index in [9.17, 15) is 19.2 Å². The van der Waals surface area contributed by atoms with E-state index in [0.717, 1.165) is 0 Å². The zero-order chi connectivity index (χ0) is 26.9. The minimum atomic E-state index is -0.846. The Morgan fingerprint density at radius 2 is 1.24 bits per heavy atom. The predicted octanol–water partition coefficient (Wildman–Crippen LogP) is 1.64. The second-order valence-electron chi connectivity index (χ2n) is 7.18. The molecule has 37 heavy (non-hydrogen) atoms. The van der Waals surface area contributed by atoms with Gasteiger partial charge in [-0.25, -0.2) is 4.79 Å². The molecule has 218 valence electrons. The van der Waals surface area contributed by atoms with Crippen molar-refractivity contribution >= 4 is 24.0 Å². The maximum Gasteiger partial charge on any atom is 0.407 e. The van der Waals surface area contributed by atoms with Crippen LogP contribution in [0, 0.1) is 0 Å². The molecule has 0 aromatic carbocycles. The molecule has 0 unspecified atom stereocenters. The van der Waals surface area contributed by atoms with Crippen molar-refractivity contribution in [2.45, 2.75) is 53.1 Å². The maximum atomic E-state index is 11.9. The van der Waals surface area contributed by atoms with Crippen LogP contribution < -0.4 is 5.32 Å². The van der Waals surface area contributed by atoms with Gasteiger partial charge in [0.25, 0.3) is 0 Å². The van der Waals surface area contributed by atoms with Crippen molar-refractivity contribution in [3.63, 3.8) is 0 Å². The average molecular weight is 540 g/mol. The Bertz CT molecular complexity index is 602. The lowest BCUT2D eigenvalue weighted by Gasteiger charge is -2.17. The molecule has 13 nitrogen and oxygen atoms in total. The molecule has 0 heterocycles. The first-order chi connectivity index (χ1) is 17.4. The van der Waals surface area contributed by atoms with E-state index in [4.69, 9.17) is 37.9 Å². The quantitative estimate of drug-likeness (QED) is 0.114. The highest BCUT2D eigenvalue weighted by Gasteiger charge is 2.18. The monoisotopic (exact) mass is 539 g/mol. The Labute approximate surface area is 219 Å². The standard InChI is InChI=1S/C23H41NO12.CH4/c1-4-20(25)34-17-19(36-21(26)5-2)18-35-22(27)7-6-9-30-13-14-31-10-8-24-23(28)33-16-15-32-12-11-29-3;/h19H,4-18H2,1-3H3,(H,24,28);1H4/t19-;/m1./s1. The van der Waals surface area contributed by atoms with Gasteiger partial charge in [-0.05, 0) is 6.42 Å². The van der Waals surface area contributed by atoms with Gasteiger partial charge in [0.2, 0.25) is 0 Å². The summed E-state index contributed by atoms with van der Waals surface area (Å²) >= 11 is 0. The molecule has 0 spiro atoms. The fourth-order valence-electron chi connectivity index (χ4n) is 2.29. The van der Waals surface area contributed by atoms with Crippen LogP contribution in [-0.2, 0) is 52.3 Å². The number of hydrogen-bond acceptors (Lipinski definition) is 12. The molecule has 0 aliphatic carbocycles. The molecule has 1 N–H and O–H groups in total. The van der Waals surface area contributed by atoms with Gasteiger partial charge in [-0.1, -0.05) is 21.3 Å². The number of carbonyl (C=O) groups is 4. The molecule has 0 aliphatic heterocycles. The third-order valence-electron chi connectivity index (χ3n) is 4.19. The largest absolute Gasteiger partial charge is 0.462 e. The first-order valence-electron chi connectivity index (χ1n) is 12.1. The lowest BCUT2D eigenvalue weighted by Crippen LogP contribution is -2.30. The Morgan fingerprint density at radius 3 is 1.89 bits per heavy atom. The van der Waals surface area contributed by atoms with Crippen LogP contribution in [0.25, 0.3) is 0 Å².